The second-order valence-corrected chi connectivity index (χ2v) is 5.70. The average Bonchev–Trinajstić information content (AvgIpc) is 2.82. The smallest absolute Gasteiger partial charge is 0.123 e. The van der Waals surface area contributed by atoms with Gasteiger partial charge < -0.3 is 5.32 Å². The van der Waals surface area contributed by atoms with E-state index in [4.69, 9.17) is 0 Å². The van der Waals surface area contributed by atoms with Crippen LogP contribution in [0.5, 0.6) is 0 Å². The van der Waals surface area contributed by atoms with Crippen LogP contribution in [0.4, 0.5) is 4.39 Å². The molecule has 3 rings (SSSR count). The van der Waals surface area contributed by atoms with E-state index in [0.717, 1.165) is 24.4 Å². The van der Waals surface area contributed by atoms with E-state index < -0.39 is 0 Å². The zero-order valence-electron chi connectivity index (χ0n) is 9.97. The number of nitrogens with zero attached hydrogens (tertiary/aromatic N) is 1. The summed E-state index contributed by atoms with van der Waals surface area (Å²) in [6, 6.07) is 7.47. The van der Waals surface area contributed by atoms with Crippen LogP contribution in [0.25, 0.3) is 0 Å². The number of hydrogen-bond acceptors (Lipinski definition) is 3. The number of thiazole rings is 1. The summed E-state index contributed by atoms with van der Waals surface area (Å²) in [6.07, 6.45) is 4.11. The topological polar surface area (TPSA) is 24.9 Å². The summed E-state index contributed by atoms with van der Waals surface area (Å²) in [5.74, 6) is 0.427. The third kappa shape index (κ3) is 2.60. The van der Waals surface area contributed by atoms with E-state index in [2.05, 4.69) is 10.3 Å². The van der Waals surface area contributed by atoms with Crippen LogP contribution in [-0.2, 0) is 6.54 Å². The zero-order valence-corrected chi connectivity index (χ0v) is 10.8. The van der Waals surface area contributed by atoms with Crippen molar-refractivity contribution in [2.45, 2.75) is 31.3 Å². The van der Waals surface area contributed by atoms with Gasteiger partial charge in [-0.3, -0.25) is 0 Å². The quantitative estimate of drug-likeness (QED) is 0.914. The zero-order chi connectivity index (χ0) is 12.4. The van der Waals surface area contributed by atoms with E-state index >= 15 is 0 Å². The predicted octanol–water partition coefficient (Wildman–Crippen LogP) is 3.32. The van der Waals surface area contributed by atoms with Gasteiger partial charge >= 0.3 is 0 Å². The average molecular weight is 262 g/mol. The number of nitrogens with one attached hydrogen (secondary N) is 1. The van der Waals surface area contributed by atoms with E-state index in [9.17, 15) is 4.39 Å². The maximum Gasteiger partial charge on any atom is 0.123 e. The van der Waals surface area contributed by atoms with Crippen LogP contribution in [-0.4, -0.2) is 11.0 Å². The van der Waals surface area contributed by atoms with Crippen molar-refractivity contribution in [1.82, 2.24) is 10.3 Å². The lowest BCUT2D eigenvalue weighted by atomic mass is 9.76. The molecule has 4 heteroatoms. The van der Waals surface area contributed by atoms with Gasteiger partial charge in [0.15, 0.2) is 0 Å². The Kier molecular flexibility index (Phi) is 3.39. The second kappa shape index (κ2) is 5.16. The Morgan fingerprint density at radius 3 is 2.72 bits per heavy atom. The fraction of sp³-hybridized carbons (Fsp3) is 0.357. The molecule has 0 aliphatic heterocycles. The van der Waals surface area contributed by atoms with Crippen LogP contribution in [0, 0.1) is 5.82 Å². The summed E-state index contributed by atoms with van der Waals surface area (Å²) in [6.45, 7) is 0.860. The summed E-state index contributed by atoms with van der Waals surface area (Å²) in [5, 5.41) is 6.64. The molecule has 0 saturated heterocycles. The fourth-order valence-electron chi connectivity index (χ4n) is 2.36. The molecule has 1 saturated carbocycles. The highest BCUT2D eigenvalue weighted by atomic mass is 32.1. The Morgan fingerprint density at radius 1 is 1.28 bits per heavy atom. The van der Waals surface area contributed by atoms with E-state index in [1.165, 1.54) is 5.56 Å². The van der Waals surface area contributed by atoms with Crippen LogP contribution in [0.15, 0.2) is 35.8 Å². The molecule has 1 fully saturated rings. The Morgan fingerprint density at radius 2 is 2.06 bits per heavy atom. The first kappa shape index (κ1) is 11.8. The Bertz CT molecular complexity index is 489. The maximum absolute atomic E-state index is 12.8. The second-order valence-electron chi connectivity index (χ2n) is 4.72. The summed E-state index contributed by atoms with van der Waals surface area (Å²) in [4.78, 5) is 4.25. The molecule has 0 unspecified atom stereocenters. The molecule has 1 aliphatic carbocycles. The summed E-state index contributed by atoms with van der Waals surface area (Å²) >= 11 is 1.68. The molecule has 1 aromatic carbocycles. The van der Waals surface area contributed by atoms with E-state index in [1.807, 2.05) is 23.7 Å². The molecule has 1 heterocycles. The third-order valence-electron chi connectivity index (χ3n) is 3.50. The van der Waals surface area contributed by atoms with Gasteiger partial charge in [-0.05, 0) is 36.5 Å². The van der Waals surface area contributed by atoms with Crippen LogP contribution in [0.3, 0.4) is 0 Å². The van der Waals surface area contributed by atoms with Gasteiger partial charge in [-0.25, -0.2) is 9.37 Å². The molecule has 2 aromatic rings. The van der Waals surface area contributed by atoms with Crippen LogP contribution in [0.1, 0.15) is 29.3 Å². The molecule has 0 bridgehead atoms. The van der Waals surface area contributed by atoms with Gasteiger partial charge in [0.2, 0.25) is 0 Å². The molecule has 0 atom stereocenters. The van der Waals surface area contributed by atoms with Crippen LogP contribution < -0.4 is 5.32 Å². The summed E-state index contributed by atoms with van der Waals surface area (Å²) < 4.78 is 12.8. The molecule has 0 radical (unpaired) electrons. The van der Waals surface area contributed by atoms with Crippen molar-refractivity contribution < 1.29 is 4.39 Å². The van der Waals surface area contributed by atoms with Crippen molar-refractivity contribution >= 4 is 11.3 Å². The molecule has 94 valence electrons. The van der Waals surface area contributed by atoms with Crippen molar-refractivity contribution in [3.05, 3.63) is 52.2 Å². The number of benzene rings is 1. The summed E-state index contributed by atoms with van der Waals surface area (Å²) in [5.41, 5.74) is 1.25. The normalized spacial score (nSPS) is 22.7. The largest absolute Gasteiger partial charge is 0.308 e. The first-order valence-electron chi connectivity index (χ1n) is 6.18. The van der Waals surface area contributed by atoms with Crippen molar-refractivity contribution in [2.24, 2.45) is 0 Å². The molecule has 1 N–H and O–H groups in total. The molecule has 18 heavy (non-hydrogen) atoms. The predicted molar refractivity (Wildman–Crippen MR) is 71.1 cm³/mol. The maximum atomic E-state index is 12.8. The van der Waals surface area contributed by atoms with Crippen molar-refractivity contribution in [1.29, 1.82) is 0 Å². The first-order valence-corrected chi connectivity index (χ1v) is 7.06. The number of rotatable bonds is 4. The lowest BCUT2D eigenvalue weighted by Crippen LogP contribution is -2.39. The van der Waals surface area contributed by atoms with Gasteiger partial charge in [-0.2, -0.15) is 0 Å². The fourth-order valence-corrected chi connectivity index (χ4v) is 2.93. The highest BCUT2D eigenvalue weighted by Gasteiger charge is 2.29. The van der Waals surface area contributed by atoms with Crippen LogP contribution in [0.2, 0.25) is 0 Å². The van der Waals surface area contributed by atoms with Gasteiger partial charge in [0.1, 0.15) is 10.8 Å². The lowest BCUT2D eigenvalue weighted by molar-refractivity contribution is 0.289. The number of hydrogen-bond donors (Lipinski definition) is 1. The SMILES string of the molecule is Fc1ccc(C2CC(NCc3nccs3)C2)cc1. The van der Waals surface area contributed by atoms with Crippen LogP contribution >= 0.6 is 11.3 Å². The molecule has 2 nitrogen and oxygen atoms in total. The van der Waals surface area contributed by atoms with Crippen molar-refractivity contribution in [3.63, 3.8) is 0 Å². The molecule has 1 aliphatic rings. The highest BCUT2D eigenvalue weighted by Crippen LogP contribution is 2.36. The lowest BCUT2D eigenvalue weighted by Gasteiger charge is -2.36. The Balaban J connectivity index is 1.47. The Labute approximate surface area is 110 Å². The van der Waals surface area contributed by atoms with Gasteiger partial charge in [0.05, 0.1) is 0 Å². The minimum Gasteiger partial charge on any atom is -0.308 e. The molecule has 1 aromatic heterocycles. The van der Waals surface area contributed by atoms with Gasteiger partial charge in [0, 0.05) is 24.2 Å². The minimum atomic E-state index is -0.156. The van der Waals surface area contributed by atoms with E-state index in [0.29, 0.717) is 12.0 Å². The highest BCUT2D eigenvalue weighted by molar-refractivity contribution is 7.09. The van der Waals surface area contributed by atoms with Gasteiger partial charge in [-0.1, -0.05) is 12.1 Å². The van der Waals surface area contributed by atoms with Crippen molar-refractivity contribution in [2.75, 3.05) is 0 Å². The third-order valence-corrected chi connectivity index (χ3v) is 4.28. The molecular weight excluding hydrogens is 247 g/mol. The van der Waals surface area contributed by atoms with Gasteiger partial charge in [-0.15, -0.1) is 11.3 Å². The van der Waals surface area contributed by atoms with Crippen molar-refractivity contribution in [3.8, 4) is 0 Å². The minimum absolute atomic E-state index is 0.156. The van der Waals surface area contributed by atoms with Gasteiger partial charge in [0.25, 0.3) is 0 Å². The molecule has 0 amide bonds. The molecular formula is C14H15FN2S. The first-order chi connectivity index (χ1) is 8.81. The monoisotopic (exact) mass is 262 g/mol. The van der Waals surface area contributed by atoms with E-state index in [1.54, 1.807) is 23.5 Å². The Hall–Kier alpha value is -1.26. The van der Waals surface area contributed by atoms with E-state index in [-0.39, 0.29) is 5.82 Å². The standard InChI is InChI=1S/C14H15FN2S/c15-12-3-1-10(2-4-12)11-7-13(8-11)17-9-14-16-5-6-18-14/h1-6,11,13,17H,7-9H2. The number of halogens is 1. The molecule has 0 spiro atoms. The number of aromatic nitrogens is 1. The summed E-state index contributed by atoms with van der Waals surface area (Å²) in [7, 11) is 0.